The summed E-state index contributed by atoms with van der Waals surface area (Å²) in [5.74, 6) is 0. The second-order valence-electron chi connectivity index (χ2n) is 3.26. The third kappa shape index (κ3) is 3.48. The first kappa shape index (κ1) is 12.4. The summed E-state index contributed by atoms with van der Waals surface area (Å²) in [5.41, 5.74) is 0.384. The first-order chi connectivity index (χ1) is 7.65. The molecule has 0 radical (unpaired) electrons. The van der Waals surface area contributed by atoms with Gasteiger partial charge >= 0.3 is 0 Å². The van der Waals surface area contributed by atoms with Gasteiger partial charge in [-0.2, -0.15) is 0 Å². The predicted octanol–water partition coefficient (Wildman–Crippen LogP) is 1.01. The Morgan fingerprint density at radius 1 is 1.56 bits per heavy atom. The Balaban J connectivity index is 2.63. The third-order valence-corrected chi connectivity index (χ3v) is 1.99. The van der Waals surface area contributed by atoms with Crippen molar-refractivity contribution in [2.24, 2.45) is 0 Å². The lowest BCUT2D eigenvalue weighted by Crippen LogP contribution is -2.24. The quantitative estimate of drug-likeness (QED) is 0.558. The largest absolute Gasteiger partial charge is 0.389 e. The van der Waals surface area contributed by atoms with Crippen LogP contribution in [0, 0.1) is 10.1 Å². The maximum atomic E-state index is 10.7. The van der Waals surface area contributed by atoms with E-state index >= 15 is 0 Å². The molecule has 2 N–H and O–H groups in total. The van der Waals surface area contributed by atoms with E-state index in [2.05, 4.69) is 5.32 Å². The molecule has 0 heterocycles. The second kappa shape index (κ2) is 6.04. The standard InChI is InChI=1S/C10H14N2O4/c1-16-7-8(13)6-11-9-4-2-3-5-10(9)12(14)15/h2-5,8,11,13H,6-7H2,1H3. The van der Waals surface area contributed by atoms with Gasteiger partial charge in [-0.15, -0.1) is 0 Å². The normalized spacial score (nSPS) is 12.1. The van der Waals surface area contributed by atoms with Crippen molar-refractivity contribution >= 4 is 11.4 Å². The zero-order valence-corrected chi connectivity index (χ0v) is 8.92. The SMILES string of the molecule is COCC(O)CNc1ccccc1[N+](=O)[O-]. The minimum atomic E-state index is -0.690. The molecule has 0 saturated carbocycles. The molecule has 0 saturated heterocycles. The van der Waals surface area contributed by atoms with Crippen LogP contribution in [0.1, 0.15) is 0 Å². The topological polar surface area (TPSA) is 84.6 Å². The first-order valence-electron chi connectivity index (χ1n) is 4.79. The van der Waals surface area contributed by atoms with Crippen molar-refractivity contribution in [3.05, 3.63) is 34.4 Å². The van der Waals surface area contributed by atoms with Gasteiger partial charge in [-0.25, -0.2) is 0 Å². The average Bonchev–Trinajstić information content (AvgIpc) is 2.27. The lowest BCUT2D eigenvalue weighted by Gasteiger charge is -2.11. The van der Waals surface area contributed by atoms with Crippen LogP contribution in [0.3, 0.4) is 0 Å². The number of nitrogens with one attached hydrogen (secondary N) is 1. The molecule has 1 aromatic rings. The van der Waals surface area contributed by atoms with E-state index in [0.717, 1.165) is 0 Å². The van der Waals surface area contributed by atoms with Crippen LogP contribution in [0.4, 0.5) is 11.4 Å². The zero-order valence-electron chi connectivity index (χ0n) is 8.92. The fourth-order valence-corrected chi connectivity index (χ4v) is 1.26. The Hall–Kier alpha value is -1.66. The van der Waals surface area contributed by atoms with E-state index in [1.54, 1.807) is 18.2 Å². The Labute approximate surface area is 93.0 Å². The van der Waals surface area contributed by atoms with Crippen LogP contribution in [-0.2, 0) is 4.74 Å². The summed E-state index contributed by atoms with van der Waals surface area (Å²) in [6.07, 6.45) is -0.690. The summed E-state index contributed by atoms with van der Waals surface area (Å²) in [4.78, 5) is 10.2. The highest BCUT2D eigenvalue weighted by molar-refractivity contribution is 5.61. The lowest BCUT2D eigenvalue weighted by molar-refractivity contribution is -0.384. The number of nitrogens with zero attached hydrogens (tertiary/aromatic N) is 1. The van der Waals surface area contributed by atoms with E-state index in [1.807, 2.05) is 0 Å². The fourth-order valence-electron chi connectivity index (χ4n) is 1.26. The Morgan fingerprint density at radius 2 is 2.25 bits per heavy atom. The van der Waals surface area contributed by atoms with Crippen LogP contribution >= 0.6 is 0 Å². The van der Waals surface area contributed by atoms with Crippen LogP contribution in [0.2, 0.25) is 0 Å². The zero-order chi connectivity index (χ0) is 12.0. The van der Waals surface area contributed by atoms with Crippen molar-refractivity contribution in [1.29, 1.82) is 0 Å². The highest BCUT2D eigenvalue weighted by atomic mass is 16.6. The number of ether oxygens (including phenoxy) is 1. The molecule has 0 amide bonds. The molecule has 88 valence electrons. The highest BCUT2D eigenvalue weighted by Gasteiger charge is 2.12. The van der Waals surface area contributed by atoms with Gasteiger partial charge in [-0.1, -0.05) is 12.1 Å². The number of aliphatic hydroxyl groups excluding tert-OH is 1. The van der Waals surface area contributed by atoms with Crippen molar-refractivity contribution in [3.63, 3.8) is 0 Å². The molecule has 1 atom stereocenters. The summed E-state index contributed by atoms with van der Waals surface area (Å²) in [7, 11) is 1.48. The van der Waals surface area contributed by atoms with Crippen LogP contribution < -0.4 is 5.32 Å². The molecule has 6 heteroatoms. The number of rotatable bonds is 6. The van der Waals surface area contributed by atoms with Crippen LogP contribution in [0.15, 0.2) is 24.3 Å². The van der Waals surface area contributed by atoms with Gasteiger partial charge < -0.3 is 15.2 Å². The molecule has 6 nitrogen and oxygen atoms in total. The van der Waals surface area contributed by atoms with Gasteiger partial charge in [0.05, 0.1) is 17.6 Å². The highest BCUT2D eigenvalue weighted by Crippen LogP contribution is 2.22. The number of methoxy groups -OCH3 is 1. The van der Waals surface area contributed by atoms with Crippen molar-refractivity contribution in [1.82, 2.24) is 0 Å². The van der Waals surface area contributed by atoms with E-state index in [1.165, 1.54) is 13.2 Å². The first-order valence-corrected chi connectivity index (χ1v) is 4.79. The molecule has 1 rings (SSSR count). The summed E-state index contributed by atoms with van der Waals surface area (Å²) < 4.78 is 4.75. The maximum absolute atomic E-state index is 10.7. The number of nitro groups is 1. The fraction of sp³-hybridized carbons (Fsp3) is 0.400. The number of aliphatic hydroxyl groups is 1. The molecule has 0 aliphatic heterocycles. The van der Waals surface area contributed by atoms with Crippen LogP contribution in [-0.4, -0.2) is 36.4 Å². The summed E-state index contributed by atoms with van der Waals surface area (Å²) in [6.45, 7) is 0.395. The lowest BCUT2D eigenvalue weighted by atomic mass is 10.2. The maximum Gasteiger partial charge on any atom is 0.292 e. The van der Waals surface area contributed by atoms with Gasteiger partial charge in [-0.3, -0.25) is 10.1 Å². The van der Waals surface area contributed by atoms with Crippen molar-refractivity contribution in [2.75, 3.05) is 25.6 Å². The number of hydrogen-bond donors (Lipinski definition) is 2. The van der Waals surface area contributed by atoms with Gasteiger partial charge in [0.2, 0.25) is 0 Å². The van der Waals surface area contributed by atoms with Gasteiger partial charge in [0.15, 0.2) is 0 Å². The van der Waals surface area contributed by atoms with E-state index in [4.69, 9.17) is 4.74 Å². The molecule has 0 aromatic heterocycles. The van der Waals surface area contributed by atoms with Crippen molar-refractivity contribution in [2.45, 2.75) is 6.10 Å². The molecule has 1 unspecified atom stereocenters. The van der Waals surface area contributed by atoms with Crippen LogP contribution in [0.5, 0.6) is 0 Å². The molecule has 0 aliphatic rings. The van der Waals surface area contributed by atoms with Gasteiger partial charge in [0, 0.05) is 19.7 Å². The number of benzene rings is 1. The van der Waals surface area contributed by atoms with E-state index in [0.29, 0.717) is 5.69 Å². The van der Waals surface area contributed by atoms with Crippen molar-refractivity contribution in [3.8, 4) is 0 Å². The molecule has 16 heavy (non-hydrogen) atoms. The number of hydrogen-bond acceptors (Lipinski definition) is 5. The number of para-hydroxylation sites is 2. The minimum Gasteiger partial charge on any atom is -0.389 e. The molecule has 0 bridgehead atoms. The Kier molecular flexibility index (Phi) is 4.68. The molecule has 0 aliphatic carbocycles. The molecular formula is C10H14N2O4. The van der Waals surface area contributed by atoms with E-state index in [-0.39, 0.29) is 18.8 Å². The monoisotopic (exact) mass is 226 g/mol. The summed E-state index contributed by atoms with van der Waals surface area (Å²) in [6, 6.07) is 6.29. The molecular weight excluding hydrogens is 212 g/mol. The van der Waals surface area contributed by atoms with Gasteiger partial charge in [0.1, 0.15) is 5.69 Å². The molecule has 1 aromatic carbocycles. The summed E-state index contributed by atoms with van der Waals surface area (Å²) >= 11 is 0. The summed E-state index contributed by atoms with van der Waals surface area (Å²) in [5, 5.41) is 22.9. The van der Waals surface area contributed by atoms with E-state index in [9.17, 15) is 15.2 Å². The smallest absolute Gasteiger partial charge is 0.292 e. The Bertz CT molecular complexity index is 356. The van der Waals surface area contributed by atoms with Crippen LogP contribution in [0.25, 0.3) is 0 Å². The average molecular weight is 226 g/mol. The molecule has 0 fully saturated rings. The van der Waals surface area contributed by atoms with E-state index < -0.39 is 11.0 Å². The van der Waals surface area contributed by atoms with Gasteiger partial charge in [-0.05, 0) is 6.07 Å². The number of anilines is 1. The second-order valence-corrected chi connectivity index (χ2v) is 3.26. The number of nitro benzene ring substituents is 1. The van der Waals surface area contributed by atoms with Gasteiger partial charge in [0.25, 0.3) is 5.69 Å². The predicted molar refractivity (Wildman–Crippen MR) is 59.5 cm³/mol. The minimum absolute atomic E-state index is 0.00730. The third-order valence-electron chi connectivity index (χ3n) is 1.99. The Morgan fingerprint density at radius 3 is 2.88 bits per heavy atom. The molecule has 0 spiro atoms. The van der Waals surface area contributed by atoms with Crippen molar-refractivity contribution < 1.29 is 14.8 Å².